The summed E-state index contributed by atoms with van der Waals surface area (Å²) in [6.45, 7) is 0. The van der Waals surface area contributed by atoms with Gasteiger partial charge in [0.1, 0.15) is 16.8 Å². The lowest BCUT2D eigenvalue weighted by molar-refractivity contribution is 0.101. The van der Waals surface area contributed by atoms with Gasteiger partial charge in [-0.3, -0.25) is 14.9 Å². The van der Waals surface area contributed by atoms with Crippen LogP contribution in [0.1, 0.15) is 21.4 Å². The number of hydrogen-bond acceptors (Lipinski definition) is 5. The van der Waals surface area contributed by atoms with Crippen LogP contribution in [0, 0.1) is 17.5 Å². The molecule has 4 rings (SSSR count). The van der Waals surface area contributed by atoms with Crippen molar-refractivity contribution in [3.63, 3.8) is 0 Å². The summed E-state index contributed by atoms with van der Waals surface area (Å²) in [4.78, 5) is 17.5. The Labute approximate surface area is 167 Å². The zero-order valence-corrected chi connectivity index (χ0v) is 15.8. The smallest absolute Gasteiger partial charge is 0.261 e. The molecule has 0 fully saturated rings. The fourth-order valence-electron chi connectivity index (χ4n) is 2.98. The van der Waals surface area contributed by atoms with Gasteiger partial charge in [0.05, 0.1) is 24.3 Å². The van der Waals surface area contributed by atoms with E-state index in [2.05, 4.69) is 20.5 Å². The van der Waals surface area contributed by atoms with Crippen LogP contribution in [0.15, 0.2) is 48.4 Å². The van der Waals surface area contributed by atoms with Crippen molar-refractivity contribution in [1.82, 2.24) is 20.1 Å². The highest BCUT2D eigenvalue weighted by Gasteiger charge is 2.25. The summed E-state index contributed by atoms with van der Waals surface area (Å²) < 4.78 is 42.2. The van der Waals surface area contributed by atoms with E-state index in [1.165, 1.54) is 18.3 Å². The third-order valence-corrected chi connectivity index (χ3v) is 5.49. The first kappa shape index (κ1) is 19.1. The zero-order valence-electron chi connectivity index (χ0n) is 15.0. The molecule has 0 bridgehead atoms. The van der Waals surface area contributed by atoms with Crippen molar-refractivity contribution in [2.24, 2.45) is 0 Å². The van der Waals surface area contributed by atoms with E-state index in [0.717, 1.165) is 24.2 Å². The molecule has 0 spiro atoms. The second-order valence-corrected chi connectivity index (χ2v) is 7.25. The fourth-order valence-corrected chi connectivity index (χ4v) is 3.97. The quantitative estimate of drug-likeness (QED) is 0.663. The van der Waals surface area contributed by atoms with Gasteiger partial charge < -0.3 is 10.2 Å². The van der Waals surface area contributed by atoms with Crippen LogP contribution in [0.2, 0.25) is 0 Å². The number of H-pyrrole nitrogens is 1. The van der Waals surface area contributed by atoms with Gasteiger partial charge in [0.25, 0.3) is 5.91 Å². The van der Waals surface area contributed by atoms with Crippen LogP contribution in [-0.2, 0) is 0 Å². The van der Waals surface area contributed by atoms with E-state index < -0.39 is 28.9 Å². The maximum absolute atomic E-state index is 14.8. The third-order valence-electron chi connectivity index (χ3n) is 4.39. The molecular formula is C19H14F3N5OS. The Hall–Kier alpha value is -3.27. The number of aromatic amines is 1. The number of pyridine rings is 1. The molecule has 0 radical (unpaired) electrons. The molecule has 10 heteroatoms. The van der Waals surface area contributed by atoms with Gasteiger partial charge in [-0.1, -0.05) is 0 Å². The number of carbonyl (C=O) groups is 1. The molecule has 1 aliphatic heterocycles. The Morgan fingerprint density at radius 1 is 1.14 bits per heavy atom. The highest BCUT2D eigenvalue weighted by molar-refractivity contribution is 8.02. The molecule has 0 saturated heterocycles. The molecule has 6 nitrogen and oxygen atoms in total. The first-order valence-corrected chi connectivity index (χ1v) is 9.37. The van der Waals surface area contributed by atoms with Gasteiger partial charge in [-0.2, -0.15) is 5.10 Å². The number of rotatable bonds is 4. The summed E-state index contributed by atoms with van der Waals surface area (Å²) in [5, 5.41) is 11.1. The number of halogens is 3. The number of anilines is 1. The van der Waals surface area contributed by atoms with Crippen molar-refractivity contribution >= 4 is 23.4 Å². The monoisotopic (exact) mass is 417 g/mol. The Bertz CT molecular complexity index is 1100. The first-order chi connectivity index (χ1) is 14.0. The minimum atomic E-state index is -1.10. The lowest BCUT2D eigenvalue weighted by atomic mass is 10.0. The predicted molar refractivity (Wildman–Crippen MR) is 103 cm³/mol. The van der Waals surface area contributed by atoms with Gasteiger partial charge in [-0.15, -0.1) is 11.8 Å². The SMILES string of the molecule is CN1C=CSC1c1[nH]ncc1-c1ccc(NC(=O)c2c(F)cncc2F)cc1F. The Morgan fingerprint density at radius 3 is 2.55 bits per heavy atom. The van der Waals surface area contributed by atoms with Crippen LogP contribution < -0.4 is 5.32 Å². The van der Waals surface area contributed by atoms with Crippen LogP contribution in [-0.4, -0.2) is 33.0 Å². The number of hydrogen-bond donors (Lipinski definition) is 2. The molecule has 3 heterocycles. The number of nitrogens with zero attached hydrogens (tertiary/aromatic N) is 3. The summed E-state index contributed by atoms with van der Waals surface area (Å²) in [7, 11) is 1.90. The normalized spacial score (nSPS) is 15.7. The molecule has 0 aliphatic carbocycles. The maximum Gasteiger partial charge on any atom is 0.261 e. The van der Waals surface area contributed by atoms with Crippen LogP contribution in [0.4, 0.5) is 18.9 Å². The second-order valence-electron chi connectivity index (χ2n) is 6.26. The van der Waals surface area contributed by atoms with Crippen LogP contribution in [0.25, 0.3) is 11.1 Å². The molecule has 1 amide bonds. The third kappa shape index (κ3) is 3.58. The van der Waals surface area contributed by atoms with E-state index in [4.69, 9.17) is 0 Å². The summed E-state index contributed by atoms with van der Waals surface area (Å²) in [6, 6.07) is 4.02. The Morgan fingerprint density at radius 2 is 1.90 bits per heavy atom. The molecule has 148 valence electrons. The molecule has 1 aromatic carbocycles. The van der Waals surface area contributed by atoms with Gasteiger partial charge in [-0.25, -0.2) is 13.2 Å². The second kappa shape index (κ2) is 7.63. The molecule has 3 aromatic rings. The van der Waals surface area contributed by atoms with Crippen molar-refractivity contribution in [1.29, 1.82) is 0 Å². The Balaban J connectivity index is 1.60. The van der Waals surface area contributed by atoms with Gasteiger partial charge in [0.2, 0.25) is 0 Å². The lowest BCUT2D eigenvalue weighted by Gasteiger charge is -2.20. The minimum absolute atomic E-state index is 0.0610. The molecule has 2 aromatic heterocycles. The van der Waals surface area contributed by atoms with E-state index in [1.54, 1.807) is 11.8 Å². The van der Waals surface area contributed by atoms with Crippen LogP contribution in [0.3, 0.4) is 0 Å². The number of benzene rings is 1. The van der Waals surface area contributed by atoms with Crippen molar-refractivity contribution in [2.45, 2.75) is 5.37 Å². The number of carbonyl (C=O) groups excluding carboxylic acids is 1. The summed E-state index contributed by atoms with van der Waals surface area (Å²) in [5.74, 6) is -3.85. The molecule has 0 saturated carbocycles. The van der Waals surface area contributed by atoms with Crippen molar-refractivity contribution < 1.29 is 18.0 Å². The predicted octanol–water partition coefficient (Wildman–Crippen LogP) is 4.29. The standard InChI is InChI=1S/C19H14F3N5OS/c1-27-4-5-29-19(27)17-12(7-24-26-17)11-3-2-10(6-13(11)20)25-18(28)16-14(21)8-23-9-15(16)22/h2-9,19H,1H3,(H,24,26)(H,25,28). The number of nitrogens with one attached hydrogen (secondary N) is 2. The van der Waals surface area contributed by atoms with Crippen LogP contribution in [0.5, 0.6) is 0 Å². The van der Waals surface area contributed by atoms with E-state index in [0.29, 0.717) is 5.56 Å². The van der Waals surface area contributed by atoms with Gasteiger partial charge in [0, 0.05) is 30.1 Å². The summed E-state index contributed by atoms with van der Waals surface area (Å²) >= 11 is 1.55. The molecule has 1 atom stereocenters. The summed E-state index contributed by atoms with van der Waals surface area (Å²) in [5.41, 5.74) is 0.883. The highest BCUT2D eigenvalue weighted by atomic mass is 32.2. The van der Waals surface area contributed by atoms with E-state index in [1.807, 2.05) is 23.6 Å². The molecule has 1 unspecified atom stereocenters. The van der Waals surface area contributed by atoms with Crippen molar-refractivity contribution in [3.05, 3.63) is 77.1 Å². The topological polar surface area (TPSA) is 73.9 Å². The number of amides is 1. The summed E-state index contributed by atoms with van der Waals surface area (Å²) in [6.07, 6.45) is 4.90. The van der Waals surface area contributed by atoms with Crippen LogP contribution >= 0.6 is 11.8 Å². The van der Waals surface area contributed by atoms with Gasteiger partial charge in [0.15, 0.2) is 11.6 Å². The Kier molecular flexibility index (Phi) is 5.01. The first-order valence-electron chi connectivity index (χ1n) is 8.43. The highest BCUT2D eigenvalue weighted by Crippen LogP contribution is 2.41. The molecular weight excluding hydrogens is 403 g/mol. The number of thioether (sulfide) groups is 1. The van der Waals surface area contributed by atoms with Gasteiger partial charge >= 0.3 is 0 Å². The molecule has 29 heavy (non-hydrogen) atoms. The van der Waals surface area contributed by atoms with Crippen molar-refractivity contribution in [3.8, 4) is 11.1 Å². The average molecular weight is 417 g/mol. The number of aromatic nitrogens is 3. The van der Waals surface area contributed by atoms with Gasteiger partial charge in [-0.05, 0) is 23.6 Å². The molecule has 2 N–H and O–H groups in total. The van der Waals surface area contributed by atoms with Crippen molar-refractivity contribution in [2.75, 3.05) is 12.4 Å². The zero-order chi connectivity index (χ0) is 20.5. The lowest BCUT2D eigenvalue weighted by Crippen LogP contribution is -2.16. The fraction of sp³-hybridized carbons (Fsp3) is 0.105. The van der Waals surface area contributed by atoms with E-state index in [-0.39, 0.29) is 16.6 Å². The average Bonchev–Trinajstić information content (AvgIpc) is 3.30. The van der Waals surface area contributed by atoms with E-state index in [9.17, 15) is 18.0 Å². The molecule has 1 aliphatic rings. The maximum atomic E-state index is 14.8. The van der Waals surface area contributed by atoms with E-state index >= 15 is 0 Å². The largest absolute Gasteiger partial charge is 0.363 e. The minimum Gasteiger partial charge on any atom is -0.363 e.